The van der Waals surface area contributed by atoms with E-state index in [2.05, 4.69) is 15.4 Å². The SMILES string of the molecule is CCNS(=O)(=O)c1ccc(/C=C/C(=O)NCC(=O)Nc2c(C)cccc2C)cc1. The van der Waals surface area contributed by atoms with E-state index in [4.69, 9.17) is 0 Å². The van der Waals surface area contributed by atoms with Gasteiger partial charge in [0.1, 0.15) is 0 Å². The second-order valence-electron chi connectivity index (χ2n) is 6.44. The Hall–Kier alpha value is -2.97. The van der Waals surface area contributed by atoms with E-state index in [0.717, 1.165) is 16.8 Å². The van der Waals surface area contributed by atoms with E-state index in [1.165, 1.54) is 18.2 Å². The fourth-order valence-electron chi connectivity index (χ4n) is 2.62. The van der Waals surface area contributed by atoms with E-state index in [-0.39, 0.29) is 17.3 Å². The number of carbonyl (C=O) groups excluding carboxylic acids is 2. The van der Waals surface area contributed by atoms with Gasteiger partial charge >= 0.3 is 0 Å². The van der Waals surface area contributed by atoms with Crippen LogP contribution < -0.4 is 15.4 Å². The van der Waals surface area contributed by atoms with Crippen molar-refractivity contribution in [3.05, 3.63) is 65.2 Å². The van der Waals surface area contributed by atoms with Crippen molar-refractivity contribution in [2.75, 3.05) is 18.4 Å². The predicted octanol–water partition coefficient (Wildman–Crippen LogP) is 2.37. The van der Waals surface area contributed by atoms with Crippen LogP contribution in [-0.4, -0.2) is 33.3 Å². The van der Waals surface area contributed by atoms with Gasteiger partial charge in [0.25, 0.3) is 0 Å². The summed E-state index contributed by atoms with van der Waals surface area (Å²) >= 11 is 0. The summed E-state index contributed by atoms with van der Waals surface area (Å²) in [6.45, 7) is 5.66. The van der Waals surface area contributed by atoms with Crippen LogP contribution in [0.4, 0.5) is 5.69 Å². The Bertz CT molecular complexity index is 992. The highest BCUT2D eigenvalue weighted by molar-refractivity contribution is 7.89. The van der Waals surface area contributed by atoms with Crippen LogP contribution in [0.2, 0.25) is 0 Å². The zero-order valence-electron chi connectivity index (χ0n) is 16.7. The topological polar surface area (TPSA) is 104 Å². The molecule has 0 heterocycles. The molecule has 2 amide bonds. The fraction of sp³-hybridized carbons (Fsp3) is 0.238. The van der Waals surface area contributed by atoms with Crippen LogP contribution in [0, 0.1) is 13.8 Å². The number of para-hydroxylation sites is 1. The minimum absolute atomic E-state index is 0.156. The van der Waals surface area contributed by atoms with Crippen LogP contribution in [0.1, 0.15) is 23.6 Å². The highest BCUT2D eigenvalue weighted by Gasteiger charge is 2.11. The molecule has 7 nitrogen and oxygen atoms in total. The summed E-state index contributed by atoms with van der Waals surface area (Å²) in [5.41, 5.74) is 3.30. The molecule has 8 heteroatoms. The lowest BCUT2D eigenvalue weighted by Crippen LogP contribution is -2.32. The van der Waals surface area contributed by atoms with E-state index >= 15 is 0 Å². The summed E-state index contributed by atoms with van der Waals surface area (Å²) in [5, 5.41) is 5.32. The molecule has 0 saturated heterocycles. The van der Waals surface area contributed by atoms with Crippen LogP contribution in [0.5, 0.6) is 0 Å². The largest absolute Gasteiger partial charge is 0.343 e. The number of anilines is 1. The minimum atomic E-state index is -3.51. The quantitative estimate of drug-likeness (QED) is 0.576. The number of carbonyl (C=O) groups is 2. The maximum Gasteiger partial charge on any atom is 0.244 e. The van der Waals surface area contributed by atoms with E-state index in [1.807, 2.05) is 32.0 Å². The minimum Gasteiger partial charge on any atom is -0.343 e. The molecule has 2 rings (SSSR count). The molecule has 29 heavy (non-hydrogen) atoms. The molecule has 0 atom stereocenters. The summed E-state index contributed by atoms with van der Waals surface area (Å²) in [6, 6.07) is 11.8. The molecule has 0 unspecified atom stereocenters. The van der Waals surface area contributed by atoms with Gasteiger partial charge in [-0.25, -0.2) is 13.1 Å². The van der Waals surface area contributed by atoms with Gasteiger partial charge in [-0.3, -0.25) is 9.59 Å². The lowest BCUT2D eigenvalue weighted by molar-refractivity contribution is -0.121. The zero-order chi connectivity index (χ0) is 21.4. The molecular weight excluding hydrogens is 390 g/mol. The summed E-state index contributed by atoms with van der Waals surface area (Å²) < 4.78 is 26.2. The van der Waals surface area contributed by atoms with Gasteiger partial charge in [0.2, 0.25) is 21.8 Å². The average Bonchev–Trinajstić information content (AvgIpc) is 2.68. The van der Waals surface area contributed by atoms with E-state index < -0.39 is 15.9 Å². The first-order valence-corrected chi connectivity index (χ1v) is 10.6. The second-order valence-corrected chi connectivity index (χ2v) is 8.20. The molecule has 0 aliphatic rings. The molecule has 154 valence electrons. The number of nitrogens with one attached hydrogen (secondary N) is 3. The Morgan fingerprint density at radius 1 is 1.00 bits per heavy atom. The molecular formula is C21H25N3O4S. The lowest BCUT2D eigenvalue weighted by atomic mass is 10.1. The van der Waals surface area contributed by atoms with Crippen LogP contribution in [-0.2, 0) is 19.6 Å². The van der Waals surface area contributed by atoms with Crippen molar-refractivity contribution < 1.29 is 18.0 Å². The molecule has 0 fully saturated rings. The Labute approximate surface area is 171 Å². The number of rotatable bonds is 8. The number of amides is 2. The van der Waals surface area contributed by atoms with Crippen molar-refractivity contribution in [2.45, 2.75) is 25.7 Å². The molecule has 0 radical (unpaired) electrons. The van der Waals surface area contributed by atoms with Gasteiger partial charge in [-0.2, -0.15) is 0 Å². The second kappa shape index (κ2) is 9.99. The Kier molecular flexibility index (Phi) is 7.69. The van der Waals surface area contributed by atoms with Crippen LogP contribution in [0.15, 0.2) is 53.4 Å². The number of hydrogen-bond acceptors (Lipinski definition) is 4. The third-order valence-electron chi connectivity index (χ3n) is 4.12. The monoisotopic (exact) mass is 415 g/mol. The Morgan fingerprint density at radius 3 is 2.21 bits per heavy atom. The van der Waals surface area contributed by atoms with Crippen molar-refractivity contribution in [2.24, 2.45) is 0 Å². The molecule has 0 bridgehead atoms. The van der Waals surface area contributed by atoms with Gasteiger partial charge in [-0.1, -0.05) is 37.3 Å². The average molecular weight is 416 g/mol. The van der Waals surface area contributed by atoms with Gasteiger partial charge in [0.15, 0.2) is 0 Å². The number of benzene rings is 2. The van der Waals surface area contributed by atoms with Crippen LogP contribution in [0.3, 0.4) is 0 Å². The van der Waals surface area contributed by atoms with E-state index in [0.29, 0.717) is 12.1 Å². The Morgan fingerprint density at radius 2 is 1.62 bits per heavy atom. The van der Waals surface area contributed by atoms with Crippen molar-refractivity contribution in [3.63, 3.8) is 0 Å². The number of sulfonamides is 1. The molecule has 2 aromatic carbocycles. The summed E-state index contributed by atoms with van der Waals surface area (Å²) in [6.07, 6.45) is 2.84. The van der Waals surface area contributed by atoms with Crippen molar-refractivity contribution in [3.8, 4) is 0 Å². The zero-order valence-corrected chi connectivity index (χ0v) is 17.5. The van der Waals surface area contributed by atoms with Crippen molar-refractivity contribution in [1.82, 2.24) is 10.0 Å². The molecule has 0 saturated carbocycles. The van der Waals surface area contributed by atoms with E-state index in [1.54, 1.807) is 25.1 Å². The number of aryl methyl sites for hydroxylation is 2. The fourth-order valence-corrected chi connectivity index (χ4v) is 3.67. The van der Waals surface area contributed by atoms with Gasteiger partial charge < -0.3 is 10.6 Å². The smallest absolute Gasteiger partial charge is 0.244 e. The maximum absolute atomic E-state index is 12.1. The lowest BCUT2D eigenvalue weighted by Gasteiger charge is -2.11. The van der Waals surface area contributed by atoms with Gasteiger partial charge in [0.05, 0.1) is 11.4 Å². The standard InChI is InChI=1S/C21H25N3O4S/c1-4-23-29(27,28)18-11-8-17(9-12-18)10-13-19(25)22-14-20(26)24-21-15(2)6-5-7-16(21)3/h5-13,23H,4,14H2,1-3H3,(H,22,25)(H,24,26)/b13-10+. The van der Waals surface area contributed by atoms with E-state index in [9.17, 15) is 18.0 Å². The van der Waals surface area contributed by atoms with Gasteiger partial charge in [-0.05, 0) is 48.7 Å². The van der Waals surface area contributed by atoms with Crippen LogP contribution >= 0.6 is 0 Å². The predicted molar refractivity (Wildman–Crippen MR) is 114 cm³/mol. The van der Waals surface area contributed by atoms with Crippen molar-refractivity contribution >= 4 is 33.6 Å². The molecule has 0 aromatic heterocycles. The molecule has 2 aromatic rings. The molecule has 0 aliphatic heterocycles. The Balaban J connectivity index is 1.89. The highest BCUT2D eigenvalue weighted by atomic mass is 32.2. The first-order valence-electron chi connectivity index (χ1n) is 9.14. The van der Waals surface area contributed by atoms with Crippen molar-refractivity contribution in [1.29, 1.82) is 0 Å². The maximum atomic E-state index is 12.1. The first-order chi connectivity index (χ1) is 13.7. The third-order valence-corrected chi connectivity index (χ3v) is 5.68. The summed E-state index contributed by atoms with van der Waals surface area (Å²) in [7, 11) is -3.51. The summed E-state index contributed by atoms with van der Waals surface area (Å²) in [4.78, 5) is 24.2. The van der Waals surface area contributed by atoms with Crippen LogP contribution in [0.25, 0.3) is 6.08 Å². The molecule has 0 spiro atoms. The third kappa shape index (κ3) is 6.55. The molecule has 0 aliphatic carbocycles. The first kappa shape index (κ1) is 22.3. The van der Waals surface area contributed by atoms with Gasteiger partial charge in [-0.15, -0.1) is 0 Å². The normalized spacial score (nSPS) is 11.4. The highest BCUT2D eigenvalue weighted by Crippen LogP contribution is 2.19. The van der Waals surface area contributed by atoms with Gasteiger partial charge in [0, 0.05) is 18.3 Å². The number of hydrogen-bond donors (Lipinski definition) is 3. The molecule has 3 N–H and O–H groups in total. The summed E-state index contributed by atoms with van der Waals surface area (Å²) in [5.74, 6) is -0.742.